The summed E-state index contributed by atoms with van der Waals surface area (Å²) in [5.41, 5.74) is 0.0959. The van der Waals surface area contributed by atoms with Crippen molar-refractivity contribution in [3.8, 4) is 0 Å². The van der Waals surface area contributed by atoms with Gasteiger partial charge in [-0.1, -0.05) is 20.8 Å². The lowest BCUT2D eigenvalue weighted by Crippen LogP contribution is -2.57. The first kappa shape index (κ1) is 26.5. The van der Waals surface area contributed by atoms with E-state index in [0.717, 1.165) is 32.1 Å². The minimum atomic E-state index is -4.66. The van der Waals surface area contributed by atoms with Crippen LogP contribution >= 0.6 is 7.82 Å². The van der Waals surface area contributed by atoms with E-state index in [2.05, 4.69) is 25.3 Å². The molecule has 10 atom stereocenters. The van der Waals surface area contributed by atoms with Crippen LogP contribution in [0.3, 0.4) is 0 Å². The van der Waals surface area contributed by atoms with E-state index in [1.165, 1.54) is 0 Å². The van der Waals surface area contributed by atoms with Crippen LogP contribution < -0.4 is 0 Å². The van der Waals surface area contributed by atoms with Crippen LogP contribution in [0.1, 0.15) is 85.0 Å². The van der Waals surface area contributed by atoms with Gasteiger partial charge in [-0.05, 0) is 104 Å². The maximum absolute atomic E-state index is 15.7. The molecule has 0 aromatic heterocycles. The van der Waals surface area contributed by atoms with E-state index in [4.69, 9.17) is 14.5 Å². The number of ether oxygens (including phenoxy) is 1. The van der Waals surface area contributed by atoms with Gasteiger partial charge in [-0.15, -0.1) is 0 Å². The van der Waals surface area contributed by atoms with E-state index in [9.17, 15) is 13.8 Å². The molecule has 0 aromatic rings. The van der Waals surface area contributed by atoms with Crippen molar-refractivity contribution in [2.45, 2.75) is 97.3 Å². The molecule has 4 fully saturated rings. The Hall–Kier alpha value is -0.560. The molecule has 9 heteroatoms. The average Bonchev–Trinajstić information content (AvgIpc) is 3.09. The quantitative estimate of drug-likeness (QED) is 0.252. The van der Waals surface area contributed by atoms with Crippen molar-refractivity contribution in [1.29, 1.82) is 0 Å². The van der Waals surface area contributed by atoms with E-state index in [1.807, 2.05) is 0 Å². The Labute approximate surface area is 201 Å². The Morgan fingerprint density at radius 2 is 1.74 bits per heavy atom. The summed E-state index contributed by atoms with van der Waals surface area (Å²) >= 11 is 0. The number of hydrogen-bond donors (Lipinski definition) is 2. The molecule has 34 heavy (non-hydrogen) atoms. The fourth-order valence-electron chi connectivity index (χ4n) is 8.87. The smallest absolute Gasteiger partial charge is 0.438 e. The fourth-order valence-corrected chi connectivity index (χ4v) is 9.06. The van der Waals surface area contributed by atoms with Gasteiger partial charge in [0, 0.05) is 6.42 Å². The number of fused-ring (bicyclic) bond motifs is 5. The largest absolute Gasteiger partial charge is 0.472 e. The minimum Gasteiger partial charge on any atom is -0.438 e. The average molecular weight is 507 g/mol. The molecule has 0 aliphatic heterocycles. The third-order valence-electron chi connectivity index (χ3n) is 10.6. The van der Waals surface area contributed by atoms with Crippen molar-refractivity contribution in [2.75, 3.05) is 6.79 Å². The number of phosphoric acid groups is 1. The summed E-state index contributed by atoms with van der Waals surface area (Å²) in [6.07, 6.45) is 5.78. The summed E-state index contributed by atoms with van der Waals surface area (Å²) in [4.78, 5) is 29.4. The summed E-state index contributed by atoms with van der Waals surface area (Å²) in [5.74, 6) is 1.01. The number of alkyl halides is 2. The minimum absolute atomic E-state index is 0.0405. The highest BCUT2D eigenvalue weighted by atomic mass is 31.2. The van der Waals surface area contributed by atoms with Gasteiger partial charge < -0.3 is 14.5 Å². The van der Waals surface area contributed by atoms with E-state index < -0.39 is 32.9 Å². The maximum atomic E-state index is 15.7. The summed E-state index contributed by atoms with van der Waals surface area (Å²) in [6.45, 7) is 6.03. The molecule has 0 spiro atoms. The summed E-state index contributed by atoms with van der Waals surface area (Å²) in [5, 5.41) is 0. The SMILES string of the molecule is CC(CCC(=O)OCOP(=O)(O)O)C1CCC2C3C(F)CC4CC(F)CCC4(C)C3CCC12C. The Morgan fingerprint density at radius 3 is 2.44 bits per heavy atom. The lowest BCUT2D eigenvalue weighted by atomic mass is 9.44. The van der Waals surface area contributed by atoms with E-state index >= 15 is 4.39 Å². The number of carbonyl (C=O) groups excluding carboxylic acids is 1. The topological polar surface area (TPSA) is 93.1 Å². The van der Waals surface area contributed by atoms with Gasteiger partial charge in [0.15, 0.2) is 0 Å². The molecule has 2 N–H and O–H groups in total. The summed E-state index contributed by atoms with van der Waals surface area (Å²) < 4.78 is 49.5. The number of carbonyl (C=O) groups is 1. The molecule has 0 aromatic carbocycles. The normalized spacial score (nSPS) is 45.1. The van der Waals surface area contributed by atoms with Gasteiger partial charge >= 0.3 is 13.8 Å². The number of esters is 1. The molecule has 10 unspecified atom stereocenters. The standard InChI is InChI=1S/C25H41F2O6P/c1-15(4-7-22(28)32-14-33-34(29,30)31)18-5-6-19-23-20(9-11-25(18,19)3)24(2)10-8-17(26)12-16(24)13-21(23)27/h15-21,23H,4-14H2,1-3H3,(H2,29,30,31). The molecule has 0 radical (unpaired) electrons. The van der Waals surface area contributed by atoms with Crippen molar-refractivity contribution in [3.63, 3.8) is 0 Å². The van der Waals surface area contributed by atoms with Crippen LogP contribution in [0, 0.1) is 46.3 Å². The summed E-state index contributed by atoms with van der Waals surface area (Å²) in [7, 11) is -4.66. The summed E-state index contributed by atoms with van der Waals surface area (Å²) in [6, 6.07) is 0. The van der Waals surface area contributed by atoms with Gasteiger partial charge in [0.25, 0.3) is 0 Å². The molecule has 4 aliphatic rings. The second kappa shape index (κ2) is 9.72. The van der Waals surface area contributed by atoms with E-state index in [0.29, 0.717) is 43.4 Å². The number of rotatable bonds is 7. The highest BCUT2D eigenvalue weighted by molar-refractivity contribution is 7.46. The Morgan fingerprint density at radius 1 is 1.06 bits per heavy atom. The van der Waals surface area contributed by atoms with E-state index in [1.54, 1.807) is 0 Å². The Kier molecular flexibility index (Phi) is 7.58. The fraction of sp³-hybridized carbons (Fsp3) is 0.960. The Balaban J connectivity index is 1.38. The zero-order chi connectivity index (χ0) is 24.9. The first-order valence-electron chi connectivity index (χ1n) is 13.0. The second-order valence-corrected chi connectivity index (χ2v) is 13.4. The third kappa shape index (κ3) is 4.99. The van der Waals surface area contributed by atoms with Gasteiger partial charge in [0.1, 0.15) is 12.3 Å². The van der Waals surface area contributed by atoms with Crippen LogP contribution in [0.25, 0.3) is 0 Å². The van der Waals surface area contributed by atoms with Gasteiger partial charge in [-0.2, -0.15) is 0 Å². The zero-order valence-corrected chi connectivity index (χ0v) is 21.5. The van der Waals surface area contributed by atoms with Crippen molar-refractivity contribution in [3.05, 3.63) is 0 Å². The van der Waals surface area contributed by atoms with Gasteiger partial charge in [0.05, 0.1) is 0 Å². The highest BCUT2D eigenvalue weighted by Crippen LogP contribution is 2.68. The number of halogens is 2. The van der Waals surface area contributed by atoms with Crippen molar-refractivity contribution < 1.29 is 37.2 Å². The lowest BCUT2D eigenvalue weighted by Gasteiger charge is -2.61. The van der Waals surface area contributed by atoms with Crippen LogP contribution in [0.2, 0.25) is 0 Å². The highest BCUT2D eigenvalue weighted by Gasteiger charge is 2.63. The molecule has 4 rings (SSSR count). The van der Waals surface area contributed by atoms with Gasteiger partial charge in [-0.3, -0.25) is 4.79 Å². The molecular formula is C25H41F2O6P. The molecule has 0 bridgehead atoms. The zero-order valence-electron chi connectivity index (χ0n) is 20.6. The van der Waals surface area contributed by atoms with Crippen molar-refractivity contribution in [2.24, 2.45) is 46.3 Å². The molecular weight excluding hydrogens is 465 g/mol. The van der Waals surface area contributed by atoms with E-state index in [-0.39, 0.29) is 35.0 Å². The monoisotopic (exact) mass is 506 g/mol. The molecule has 6 nitrogen and oxygen atoms in total. The molecule has 4 saturated carbocycles. The molecule has 0 amide bonds. The predicted molar refractivity (Wildman–Crippen MR) is 123 cm³/mol. The van der Waals surface area contributed by atoms with Gasteiger partial charge in [0.2, 0.25) is 6.79 Å². The first-order valence-corrected chi connectivity index (χ1v) is 14.5. The van der Waals surface area contributed by atoms with Crippen LogP contribution in [0.4, 0.5) is 8.78 Å². The van der Waals surface area contributed by atoms with Crippen LogP contribution in [0.15, 0.2) is 0 Å². The number of phosphoric ester groups is 1. The number of hydrogen-bond acceptors (Lipinski definition) is 4. The van der Waals surface area contributed by atoms with Crippen molar-refractivity contribution in [1.82, 2.24) is 0 Å². The molecule has 0 saturated heterocycles. The molecule has 196 valence electrons. The lowest BCUT2D eigenvalue weighted by molar-refractivity contribution is -0.154. The van der Waals surface area contributed by atoms with Crippen LogP contribution in [-0.2, 0) is 18.6 Å². The molecule has 4 aliphatic carbocycles. The molecule has 0 heterocycles. The Bertz CT molecular complexity index is 806. The second-order valence-electron chi connectivity index (χ2n) is 12.1. The predicted octanol–water partition coefficient (Wildman–Crippen LogP) is 5.96. The van der Waals surface area contributed by atoms with Crippen LogP contribution in [0.5, 0.6) is 0 Å². The van der Waals surface area contributed by atoms with Crippen molar-refractivity contribution >= 4 is 13.8 Å². The van der Waals surface area contributed by atoms with Gasteiger partial charge in [-0.25, -0.2) is 17.9 Å². The first-order chi connectivity index (χ1) is 15.8. The maximum Gasteiger partial charge on any atom is 0.472 e. The third-order valence-corrected chi connectivity index (χ3v) is 11.0. The van der Waals surface area contributed by atoms with Crippen LogP contribution in [-0.4, -0.2) is 34.9 Å².